The number of carbonyl (C=O) groups is 2. The van der Waals surface area contributed by atoms with Crippen molar-refractivity contribution in [3.63, 3.8) is 0 Å². The van der Waals surface area contributed by atoms with E-state index in [1.165, 1.54) is 4.90 Å². The molecule has 0 radical (unpaired) electrons. The summed E-state index contributed by atoms with van der Waals surface area (Å²) in [4.78, 5) is 29.0. The van der Waals surface area contributed by atoms with Gasteiger partial charge in [-0.25, -0.2) is 0 Å². The first kappa shape index (κ1) is 20.2. The molecule has 0 spiro atoms. The SMILES string of the molecule is Cc1ccc([C@H]2C(=C(O)c3ccc(Cl)cc3)C(=O)C(=O)N2CCCN(C)C)o1. The molecule has 1 aliphatic rings. The molecule has 28 heavy (non-hydrogen) atoms. The molecule has 1 amide bonds. The number of aliphatic hydroxyl groups excluding tert-OH is 1. The lowest BCUT2D eigenvalue weighted by Gasteiger charge is -2.24. The van der Waals surface area contributed by atoms with E-state index in [2.05, 4.69) is 0 Å². The number of carbonyl (C=O) groups excluding carboxylic acids is 2. The summed E-state index contributed by atoms with van der Waals surface area (Å²) >= 11 is 5.92. The lowest BCUT2D eigenvalue weighted by molar-refractivity contribution is -0.140. The smallest absolute Gasteiger partial charge is 0.295 e. The molecular formula is C21H23ClN2O4. The number of aliphatic hydroxyl groups is 1. The van der Waals surface area contributed by atoms with E-state index < -0.39 is 17.7 Å². The van der Waals surface area contributed by atoms with E-state index in [9.17, 15) is 14.7 Å². The third-order valence-electron chi connectivity index (χ3n) is 4.69. The van der Waals surface area contributed by atoms with Gasteiger partial charge in [-0.3, -0.25) is 9.59 Å². The number of furan rings is 1. The monoisotopic (exact) mass is 402 g/mol. The molecular weight excluding hydrogens is 380 g/mol. The van der Waals surface area contributed by atoms with E-state index in [0.29, 0.717) is 35.1 Å². The van der Waals surface area contributed by atoms with Crippen molar-refractivity contribution in [1.82, 2.24) is 9.80 Å². The molecule has 1 aromatic carbocycles. The quantitative estimate of drug-likeness (QED) is 0.454. The van der Waals surface area contributed by atoms with Gasteiger partial charge in [0.15, 0.2) is 0 Å². The third-order valence-corrected chi connectivity index (χ3v) is 4.94. The summed E-state index contributed by atoms with van der Waals surface area (Å²) in [5.74, 6) is -0.453. The van der Waals surface area contributed by atoms with Crippen LogP contribution < -0.4 is 0 Å². The van der Waals surface area contributed by atoms with Gasteiger partial charge < -0.3 is 19.3 Å². The maximum absolute atomic E-state index is 12.8. The zero-order chi connectivity index (χ0) is 20.4. The maximum Gasteiger partial charge on any atom is 0.295 e. The zero-order valence-electron chi connectivity index (χ0n) is 16.1. The number of aryl methyl sites for hydroxylation is 1. The van der Waals surface area contributed by atoms with Gasteiger partial charge in [-0.15, -0.1) is 0 Å². The molecule has 0 saturated carbocycles. The molecule has 1 N–H and O–H groups in total. The third kappa shape index (κ3) is 3.98. The molecule has 0 unspecified atom stereocenters. The summed E-state index contributed by atoms with van der Waals surface area (Å²) in [6, 6.07) is 9.22. The largest absolute Gasteiger partial charge is 0.507 e. The van der Waals surface area contributed by atoms with Crippen molar-refractivity contribution in [2.45, 2.75) is 19.4 Å². The first-order chi connectivity index (χ1) is 13.3. The van der Waals surface area contributed by atoms with Gasteiger partial charge in [-0.05, 0) is 70.4 Å². The van der Waals surface area contributed by atoms with E-state index in [0.717, 1.165) is 6.54 Å². The molecule has 0 aliphatic carbocycles. The number of ketones is 1. The Morgan fingerprint density at radius 1 is 1.18 bits per heavy atom. The number of hydrogen-bond acceptors (Lipinski definition) is 5. The van der Waals surface area contributed by atoms with Crippen molar-refractivity contribution in [1.29, 1.82) is 0 Å². The van der Waals surface area contributed by atoms with Crippen molar-refractivity contribution >= 4 is 29.1 Å². The Labute approximate surface area is 169 Å². The molecule has 1 saturated heterocycles. The average molecular weight is 403 g/mol. The number of benzene rings is 1. The van der Waals surface area contributed by atoms with Crippen LogP contribution in [0.3, 0.4) is 0 Å². The second kappa shape index (κ2) is 8.20. The molecule has 6 nitrogen and oxygen atoms in total. The van der Waals surface area contributed by atoms with Gasteiger partial charge >= 0.3 is 0 Å². The highest BCUT2D eigenvalue weighted by atomic mass is 35.5. The summed E-state index contributed by atoms with van der Waals surface area (Å²) in [5, 5.41) is 11.4. The highest BCUT2D eigenvalue weighted by Crippen LogP contribution is 2.40. The zero-order valence-corrected chi connectivity index (χ0v) is 16.9. The lowest BCUT2D eigenvalue weighted by atomic mass is 9.99. The summed E-state index contributed by atoms with van der Waals surface area (Å²) in [5.41, 5.74) is 0.454. The fourth-order valence-corrected chi connectivity index (χ4v) is 3.45. The van der Waals surface area contributed by atoms with Crippen LogP contribution in [0.5, 0.6) is 0 Å². The Hall–Kier alpha value is -2.57. The van der Waals surface area contributed by atoms with Crippen LogP contribution in [0.15, 0.2) is 46.4 Å². The molecule has 1 atom stereocenters. The van der Waals surface area contributed by atoms with E-state index in [-0.39, 0.29) is 11.3 Å². The second-order valence-corrected chi connectivity index (χ2v) is 7.54. The summed E-state index contributed by atoms with van der Waals surface area (Å²) in [6.07, 6.45) is 0.692. The van der Waals surface area contributed by atoms with Crippen LogP contribution in [0.4, 0.5) is 0 Å². The van der Waals surface area contributed by atoms with Crippen LogP contribution in [0.1, 0.15) is 29.5 Å². The van der Waals surface area contributed by atoms with Crippen molar-refractivity contribution < 1.29 is 19.1 Å². The van der Waals surface area contributed by atoms with E-state index in [1.54, 1.807) is 43.3 Å². The van der Waals surface area contributed by atoms with Gasteiger partial charge in [-0.1, -0.05) is 11.6 Å². The van der Waals surface area contributed by atoms with Crippen molar-refractivity contribution in [3.8, 4) is 0 Å². The molecule has 1 aromatic heterocycles. The van der Waals surface area contributed by atoms with Crippen molar-refractivity contribution in [2.75, 3.05) is 27.2 Å². The van der Waals surface area contributed by atoms with E-state index in [1.807, 2.05) is 19.0 Å². The number of rotatable bonds is 6. The molecule has 3 rings (SSSR count). The standard InChI is InChI=1S/C21H23ClN2O4/c1-13-5-10-16(28-13)18-17(19(25)14-6-8-15(22)9-7-14)20(26)21(27)24(18)12-4-11-23(2)3/h5-10,18,25H,4,11-12H2,1-3H3/t18-/m0/s1. The van der Waals surface area contributed by atoms with Crippen molar-refractivity contribution in [3.05, 3.63) is 64.1 Å². The van der Waals surface area contributed by atoms with E-state index >= 15 is 0 Å². The van der Waals surface area contributed by atoms with Crippen LogP contribution in [0, 0.1) is 6.92 Å². The summed E-state index contributed by atoms with van der Waals surface area (Å²) in [6.45, 7) is 2.94. The van der Waals surface area contributed by atoms with Gasteiger partial charge in [-0.2, -0.15) is 0 Å². The summed E-state index contributed by atoms with van der Waals surface area (Å²) < 4.78 is 5.73. The molecule has 0 bridgehead atoms. The number of likely N-dealkylation sites (tertiary alicyclic amines) is 1. The van der Waals surface area contributed by atoms with Crippen LogP contribution in [0.2, 0.25) is 5.02 Å². The highest BCUT2D eigenvalue weighted by molar-refractivity contribution is 6.46. The molecule has 2 heterocycles. The lowest BCUT2D eigenvalue weighted by Crippen LogP contribution is -2.32. The highest BCUT2D eigenvalue weighted by Gasteiger charge is 2.47. The first-order valence-corrected chi connectivity index (χ1v) is 9.43. The van der Waals surface area contributed by atoms with Gasteiger partial charge in [0, 0.05) is 17.1 Å². The number of amides is 1. The van der Waals surface area contributed by atoms with Gasteiger partial charge in [0.25, 0.3) is 11.7 Å². The van der Waals surface area contributed by atoms with Crippen LogP contribution in [-0.4, -0.2) is 53.8 Å². The molecule has 7 heteroatoms. The normalized spacial score (nSPS) is 19.0. The molecule has 148 valence electrons. The summed E-state index contributed by atoms with van der Waals surface area (Å²) in [7, 11) is 3.89. The van der Waals surface area contributed by atoms with Crippen LogP contribution in [0.25, 0.3) is 5.76 Å². The Kier molecular flexibility index (Phi) is 5.91. The maximum atomic E-state index is 12.8. The number of nitrogens with zero attached hydrogens (tertiary/aromatic N) is 2. The molecule has 2 aromatic rings. The number of halogens is 1. The predicted octanol–water partition coefficient (Wildman–Crippen LogP) is 3.61. The van der Waals surface area contributed by atoms with Crippen molar-refractivity contribution in [2.24, 2.45) is 0 Å². The molecule has 1 aliphatic heterocycles. The Morgan fingerprint density at radius 2 is 1.86 bits per heavy atom. The molecule has 1 fully saturated rings. The van der Waals surface area contributed by atoms with E-state index in [4.69, 9.17) is 16.0 Å². The van der Waals surface area contributed by atoms with Crippen LogP contribution >= 0.6 is 11.6 Å². The predicted molar refractivity (Wildman–Crippen MR) is 107 cm³/mol. The van der Waals surface area contributed by atoms with Gasteiger partial charge in [0.2, 0.25) is 0 Å². The van der Waals surface area contributed by atoms with Gasteiger partial charge in [0.05, 0.1) is 5.57 Å². The minimum atomic E-state index is -0.758. The fraction of sp³-hybridized carbons (Fsp3) is 0.333. The minimum Gasteiger partial charge on any atom is -0.507 e. The number of Topliss-reactive ketones (excluding diaryl/α,β-unsaturated/α-hetero) is 1. The fourth-order valence-electron chi connectivity index (χ4n) is 3.33. The average Bonchev–Trinajstić information content (AvgIpc) is 3.18. The second-order valence-electron chi connectivity index (χ2n) is 7.10. The Balaban J connectivity index is 2.05. The Bertz CT molecular complexity index is 915. The first-order valence-electron chi connectivity index (χ1n) is 9.05. The van der Waals surface area contributed by atoms with Gasteiger partial charge in [0.1, 0.15) is 23.3 Å². The number of hydrogen-bond donors (Lipinski definition) is 1. The topological polar surface area (TPSA) is 74.0 Å². The minimum absolute atomic E-state index is 0.0338. The van der Waals surface area contributed by atoms with Crippen LogP contribution in [-0.2, 0) is 9.59 Å². The Morgan fingerprint density at radius 3 is 2.43 bits per heavy atom.